The van der Waals surface area contributed by atoms with E-state index >= 15 is 0 Å². The van der Waals surface area contributed by atoms with Crippen molar-refractivity contribution in [2.75, 3.05) is 13.2 Å². The molecule has 130 valence electrons. The van der Waals surface area contributed by atoms with E-state index in [0.717, 1.165) is 25.7 Å². The van der Waals surface area contributed by atoms with Crippen LogP contribution in [0.25, 0.3) is 11.0 Å². The first-order valence-electron chi connectivity index (χ1n) is 8.32. The molecule has 7 nitrogen and oxygen atoms in total. The molecule has 0 amide bonds. The first-order chi connectivity index (χ1) is 11.5. The lowest BCUT2D eigenvalue weighted by molar-refractivity contribution is -0.142. The quantitative estimate of drug-likeness (QED) is 0.776. The minimum Gasteiger partial charge on any atom is -0.375 e. The molecule has 2 aliphatic rings. The average Bonchev–Trinajstić information content (AvgIpc) is 2.91. The van der Waals surface area contributed by atoms with Crippen molar-refractivity contribution in [3.63, 3.8) is 0 Å². The van der Waals surface area contributed by atoms with E-state index in [9.17, 15) is 13.2 Å². The highest BCUT2D eigenvalue weighted by Crippen LogP contribution is 2.44. The summed E-state index contributed by atoms with van der Waals surface area (Å²) in [5.41, 5.74) is 0.746. The molecule has 0 radical (unpaired) electrons. The molecule has 8 heteroatoms. The van der Waals surface area contributed by atoms with E-state index in [2.05, 4.69) is 14.7 Å². The molecule has 1 saturated carbocycles. The molecule has 24 heavy (non-hydrogen) atoms. The highest BCUT2D eigenvalue weighted by Gasteiger charge is 2.42. The van der Waals surface area contributed by atoms with Crippen LogP contribution in [0.15, 0.2) is 27.9 Å². The number of hydrogen-bond acceptors (Lipinski definition) is 4. The zero-order valence-corrected chi connectivity index (χ0v) is 14.1. The Morgan fingerprint density at radius 2 is 2.04 bits per heavy atom. The number of rotatable bonds is 4. The van der Waals surface area contributed by atoms with Gasteiger partial charge in [0.1, 0.15) is 0 Å². The number of H-pyrrole nitrogens is 2. The Balaban J connectivity index is 1.46. The normalized spacial score (nSPS) is 23.4. The van der Waals surface area contributed by atoms with Crippen molar-refractivity contribution in [1.82, 2.24) is 14.7 Å². The predicted molar refractivity (Wildman–Crippen MR) is 89.4 cm³/mol. The molecule has 4 rings (SSSR count). The third-order valence-electron chi connectivity index (χ3n) is 5.22. The van der Waals surface area contributed by atoms with Gasteiger partial charge in [-0.15, -0.1) is 0 Å². The molecule has 2 aromatic rings. The van der Waals surface area contributed by atoms with Crippen LogP contribution in [0.2, 0.25) is 0 Å². The Morgan fingerprint density at radius 3 is 2.79 bits per heavy atom. The molecule has 1 atom stereocenters. The van der Waals surface area contributed by atoms with E-state index in [-0.39, 0.29) is 16.2 Å². The predicted octanol–water partition coefficient (Wildman–Crippen LogP) is 1.48. The van der Waals surface area contributed by atoms with Gasteiger partial charge in [0.2, 0.25) is 10.0 Å². The molecule has 1 saturated heterocycles. The summed E-state index contributed by atoms with van der Waals surface area (Å²) in [4.78, 5) is 16.6. The fourth-order valence-electron chi connectivity index (χ4n) is 3.71. The van der Waals surface area contributed by atoms with Gasteiger partial charge >= 0.3 is 5.69 Å². The van der Waals surface area contributed by atoms with Gasteiger partial charge in [0.05, 0.1) is 21.5 Å². The van der Waals surface area contributed by atoms with Crippen LogP contribution in [-0.4, -0.2) is 37.1 Å². The zero-order chi connectivity index (χ0) is 16.8. The van der Waals surface area contributed by atoms with Crippen LogP contribution in [0.1, 0.15) is 32.1 Å². The summed E-state index contributed by atoms with van der Waals surface area (Å²) in [7, 11) is -3.59. The van der Waals surface area contributed by atoms with Gasteiger partial charge in [-0.25, -0.2) is 17.9 Å². The van der Waals surface area contributed by atoms with E-state index in [1.54, 1.807) is 6.07 Å². The molecule has 1 spiro atoms. The van der Waals surface area contributed by atoms with Gasteiger partial charge in [0.15, 0.2) is 0 Å². The van der Waals surface area contributed by atoms with Crippen LogP contribution in [0.3, 0.4) is 0 Å². The number of aromatic amines is 2. The molecule has 1 aromatic heterocycles. The molecule has 2 heterocycles. The van der Waals surface area contributed by atoms with Crippen molar-refractivity contribution in [3.8, 4) is 0 Å². The van der Waals surface area contributed by atoms with Crippen molar-refractivity contribution >= 4 is 21.1 Å². The Kier molecular flexibility index (Phi) is 3.78. The third-order valence-corrected chi connectivity index (χ3v) is 6.64. The van der Waals surface area contributed by atoms with Crippen LogP contribution >= 0.6 is 0 Å². The highest BCUT2D eigenvalue weighted by molar-refractivity contribution is 7.89. The summed E-state index contributed by atoms with van der Waals surface area (Å²) in [6.07, 6.45) is 5.20. The van der Waals surface area contributed by atoms with Crippen LogP contribution < -0.4 is 10.4 Å². The van der Waals surface area contributed by atoms with E-state index in [0.29, 0.717) is 30.1 Å². The van der Waals surface area contributed by atoms with Gasteiger partial charge < -0.3 is 14.7 Å². The summed E-state index contributed by atoms with van der Waals surface area (Å²) < 4.78 is 33.7. The summed E-state index contributed by atoms with van der Waals surface area (Å²) in [5, 5.41) is 0. The number of aromatic nitrogens is 2. The molecule has 0 bridgehead atoms. The van der Waals surface area contributed by atoms with Crippen LogP contribution in [0, 0.1) is 5.92 Å². The van der Waals surface area contributed by atoms with Crippen molar-refractivity contribution in [2.24, 2.45) is 5.92 Å². The maximum atomic E-state index is 12.5. The second-order valence-corrected chi connectivity index (χ2v) is 8.65. The zero-order valence-electron chi connectivity index (χ0n) is 13.3. The van der Waals surface area contributed by atoms with Crippen LogP contribution in [-0.2, 0) is 14.8 Å². The molecular weight excluding hydrogens is 330 g/mol. The van der Waals surface area contributed by atoms with Crippen molar-refractivity contribution in [1.29, 1.82) is 0 Å². The Morgan fingerprint density at radius 1 is 1.25 bits per heavy atom. The maximum Gasteiger partial charge on any atom is 0.323 e. The average molecular weight is 351 g/mol. The van der Waals surface area contributed by atoms with Crippen LogP contribution in [0.5, 0.6) is 0 Å². The van der Waals surface area contributed by atoms with E-state index in [4.69, 9.17) is 4.74 Å². The summed E-state index contributed by atoms with van der Waals surface area (Å²) in [5.74, 6) is 0.310. The Bertz CT molecular complexity index is 911. The smallest absolute Gasteiger partial charge is 0.323 e. The Labute approximate surface area is 139 Å². The Hall–Kier alpha value is -1.64. The van der Waals surface area contributed by atoms with Crippen molar-refractivity contribution in [2.45, 2.75) is 42.6 Å². The lowest BCUT2D eigenvalue weighted by Gasteiger charge is -2.47. The molecule has 3 N–H and O–H groups in total. The van der Waals surface area contributed by atoms with E-state index in [1.165, 1.54) is 18.6 Å². The summed E-state index contributed by atoms with van der Waals surface area (Å²) in [6, 6.07) is 4.58. The standard InChI is InChI=1S/C16H21N3O4S/c20-15-18-13-3-2-12(8-14(13)19-15)24(21,22)17-10-11-4-7-23-16(9-11)5-1-6-16/h2-3,8,11,17H,1,4-7,9-10H2,(H2,18,19,20). The minimum atomic E-state index is -3.59. The van der Waals surface area contributed by atoms with Gasteiger partial charge in [-0.1, -0.05) is 0 Å². The van der Waals surface area contributed by atoms with E-state index < -0.39 is 10.0 Å². The van der Waals surface area contributed by atoms with Gasteiger partial charge in [-0.3, -0.25) is 0 Å². The highest BCUT2D eigenvalue weighted by atomic mass is 32.2. The molecule has 1 aliphatic heterocycles. The van der Waals surface area contributed by atoms with E-state index in [1.807, 2.05) is 0 Å². The molecule has 1 aromatic carbocycles. The largest absolute Gasteiger partial charge is 0.375 e. The fraction of sp³-hybridized carbons (Fsp3) is 0.562. The third kappa shape index (κ3) is 2.89. The topological polar surface area (TPSA) is 104 Å². The van der Waals surface area contributed by atoms with Crippen LogP contribution in [0.4, 0.5) is 0 Å². The number of sulfonamides is 1. The molecule has 2 fully saturated rings. The number of benzene rings is 1. The summed E-state index contributed by atoms with van der Waals surface area (Å²) >= 11 is 0. The van der Waals surface area contributed by atoms with Crippen molar-refractivity contribution < 1.29 is 13.2 Å². The second kappa shape index (κ2) is 5.72. The van der Waals surface area contributed by atoms with Gasteiger partial charge in [0, 0.05) is 13.2 Å². The number of imidazole rings is 1. The molecule has 1 unspecified atom stereocenters. The minimum absolute atomic E-state index is 0.0118. The lowest BCUT2D eigenvalue weighted by atomic mass is 9.72. The van der Waals surface area contributed by atoms with Gasteiger partial charge in [-0.2, -0.15) is 0 Å². The SMILES string of the molecule is O=c1[nH]c2ccc(S(=O)(=O)NCC3CCOC4(CCC4)C3)cc2[nH]1. The van der Waals surface area contributed by atoms with Crippen molar-refractivity contribution in [3.05, 3.63) is 28.7 Å². The number of ether oxygens (including phenoxy) is 1. The van der Waals surface area contributed by atoms with Gasteiger partial charge in [0.25, 0.3) is 0 Å². The number of nitrogens with one attached hydrogen (secondary N) is 3. The van der Waals surface area contributed by atoms with Gasteiger partial charge in [-0.05, 0) is 56.2 Å². The monoisotopic (exact) mass is 351 g/mol. The summed E-state index contributed by atoms with van der Waals surface area (Å²) in [6.45, 7) is 1.14. The number of fused-ring (bicyclic) bond motifs is 1. The number of hydrogen-bond donors (Lipinski definition) is 3. The first-order valence-corrected chi connectivity index (χ1v) is 9.80. The second-order valence-electron chi connectivity index (χ2n) is 6.88. The molecule has 1 aliphatic carbocycles. The maximum absolute atomic E-state index is 12.5. The first kappa shape index (κ1) is 15.9. The fourth-order valence-corrected chi connectivity index (χ4v) is 4.85. The molecular formula is C16H21N3O4S. The lowest BCUT2D eigenvalue weighted by Crippen LogP contribution is -2.47.